The summed E-state index contributed by atoms with van der Waals surface area (Å²) in [4.78, 5) is 26.8. The van der Waals surface area contributed by atoms with Crippen molar-refractivity contribution in [3.8, 4) is 0 Å². The molecule has 34 heavy (non-hydrogen) atoms. The standard InChI is InChI=1S/C32H16O2/c33-31-21-9-3-1-7-17(21)27-15-25-20-12-6-14-24-30(20)28(18-8-2-4-10-22(18)32(24)34)16-26(25)19-11-5-13-23(31)29(19)27/h1-16H. The molecule has 0 aliphatic heterocycles. The second-order valence-corrected chi connectivity index (χ2v) is 9.15. The van der Waals surface area contributed by atoms with Crippen LogP contribution >= 0.6 is 0 Å². The molecular weight excluding hydrogens is 416 g/mol. The molecule has 8 aromatic carbocycles. The smallest absolute Gasteiger partial charge is 0.194 e. The van der Waals surface area contributed by atoms with Gasteiger partial charge in [0, 0.05) is 32.3 Å². The summed E-state index contributed by atoms with van der Waals surface area (Å²) >= 11 is 0. The monoisotopic (exact) mass is 432 g/mol. The molecule has 0 bridgehead atoms. The van der Waals surface area contributed by atoms with Crippen molar-refractivity contribution in [2.75, 3.05) is 0 Å². The van der Waals surface area contributed by atoms with E-state index in [1.165, 1.54) is 0 Å². The van der Waals surface area contributed by atoms with E-state index in [-0.39, 0.29) is 10.9 Å². The Kier molecular flexibility index (Phi) is 3.20. The second kappa shape index (κ2) is 6.06. The molecule has 0 saturated carbocycles. The number of fused-ring (bicyclic) bond motifs is 7. The van der Waals surface area contributed by atoms with E-state index in [2.05, 4.69) is 24.3 Å². The lowest BCUT2D eigenvalue weighted by molar-refractivity contribution is 1.72. The van der Waals surface area contributed by atoms with E-state index in [0.29, 0.717) is 0 Å². The molecule has 0 unspecified atom stereocenters. The third-order valence-electron chi connectivity index (χ3n) is 7.53. The van der Waals surface area contributed by atoms with Crippen LogP contribution in [0.2, 0.25) is 0 Å². The quantitative estimate of drug-likeness (QED) is 0.185. The van der Waals surface area contributed by atoms with Gasteiger partial charge in [0.1, 0.15) is 0 Å². The molecule has 0 N–H and O–H groups in total. The zero-order chi connectivity index (χ0) is 22.6. The summed E-state index contributed by atoms with van der Waals surface area (Å²) in [6, 6.07) is 32.2. The predicted octanol–water partition coefficient (Wildman–Crippen LogP) is 7.36. The first kappa shape index (κ1) is 17.9. The Balaban J connectivity index is 1.77. The maximum absolute atomic E-state index is 13.4. The third-order valence-corrected chi connectivity index (χ3v) is 7.53. The Labute approximate surface area is 193 Å². The Morgan fingerprint density at radius 1 is 0.294 bits per heavy atom. The molecule has 0 spiro atoms. The molecule has 8 rings (SSSR count). The van der Waals surface area contributed by atoms with Crippen LogP contribution in [-0.4, -0.2) is 0 Å². The second-order valence-electron chi connectivity index (χ2n) is 9.15. The van der Waals surface area contributed by atoms with Gasteiger partial charge in [-0.3, -0.25) is 9.59 Å². The van der Waals surface area contributed by atoms with E-state index in [0.717, 1.165) is 75.4 Å². The molecule has 0 saturated heterocycles. The highest BCUT2D eigenvalue weighted by molar-refractivity contribution is 6.35. The lowest BCUT2D eigenvalue weighted by Gasteiger charge is -2.16. The van der Waals surface area contributed by atoms with E-state index in [4.69, 9.17) is 0 Å². The topological polar surface area (TPSA) is 34.1 Å². The van der Waals surface area contributed by atoms with Crippen molar-refractivity contribution in [1.82, 2.24) is 0 Å². The van der Waals surface area contributed by atoms with Crippen LogP contribution in [0.15, 0.2) is 107 Å². The Bertz CT molecular complexity index is 2100. The van der Waals surface area contributed by atoms with E-state index in [1.54, 1.807) is 0 Å². The minimum atomic E-state index is 0.0772. The van der Waals surface area contributed by atoms with Gasteiger partial charge in [-0.05, 0) is 55.2 Å². The first-order chi connectivity index (χ1) is 16.7. The maximum Gasteiger partial charge on any atom is 0.194 e. The van der Waals surface area contributed by atoms with Crippen molar-refractivity contribution in [2.45, 2.75) is 0 Å². The molecule has 0 heterocycles. The van der Waals surface area contributed by atoms with Crippen LogP contribution in [0.5, 0.6) is 0 Å². The van der Waals surface area contributed by atoms with Gasteiger partial charge in [-0.1, -0.05) is 84.9 Å². The van der Waals surface area contributed by atoms with Crippen LogP contribution in [0.4, 0.5) is 0 Å². The van der Waals surface area contributed by atoms with Gasteiger partial charge in [0.05, 0.1) is 0 Å². The molecule has 8 aromatic rings. The molecule has 0 aliphatic rings. The highest BCUT2D eigenvalue weighted by atomic mass is 16.1. The molecule has 2 nitrogen and oxygen atoms in total. The molecule has 0 amide bonds. The predicted molar refractivity (Wildman–Crippen MR) is 144 cm³/mol. The Morgan fingerprint density at radius 2 is 0.647 bits per heavy atom. The van der Waals surface area contributed by atoms with E-state index in [1.807, 2.05) is 72.8 Å². The zero-order valence-electron chi connectivity index (χ0n) is 18.1. The largest absolute Gasteiger partial charge is 0.289 e. The normalized spacial score (nSPS) is 12.4. The molecule has 2 heteroatoms. The summed E-state index contributed by atoms with van der Waals surface area (Å²) in [7, 11) is 0. The van der Waals surface area contributed by atoms with Gasteiger partial charge >= 0.3 is 0 Å². The average Bonchev–Trinajstić information content (AvgIpc) is 2.90. The first-order valence-electron chi connectivity index (χ1n) is 11.5. The van der Waals surface area contributed by atoms with Gasteiger partial charge in [-0.25, -0.2) is 0 Å². The van der Waals surface area contributed by atoms with Crippen LogP contribution in [0.1, 0.15) is 0 Å². The minimum Gasteiger partial charge on any atom is -0.289 e. The molecule has 0 aliphatic carbocycles. The summed E-state index contributed by atoms with van der Waals surface area (Å²) in [5, 5.41) is 13.5. The highest BCUT2D eigenvalue weighted by Gasteiger charge is 2.18. The minimum absolute atomic E-state index is 0.0772. The Hall–Kier alpha value is -4.56. The highest BCUT2D eigenvalue weighted by Crippen LogP contribution is 2.42. The number of benzene rings is 8. The first-order valence-corrected chi connectivity index (χ1v) is 11.5. The van der Waals surface area contributed by atoms with Crippen LogP contribution in [-0.2, 0) is 0 Å². The average molecular weight is 432 g/mol. The number of hydrogen-bond acceptors (Lipinski definition) is 2. The molecular formula is C32H16O2. The Morgan fingerprint density at radius 3 is 1.09 bits per heavy atom. The van der Waals surface area contributed by atoms with Crippen molar-refractivity contribution in [3.05, 3.63) is 118 Å². The summed E-state index contributed by atoms with van der Waals surface area (Å²) < 4.78 is 0. The SMILES string of the molecule is O=c1c2ccccc2c2cc3c(cc4c5ccccc5c(=O)c5cccc3c54)c3cccc1c23. The zero-order valence-corrected chi connectivity index (χ0v) is 18.1. The summed E-state index contributed by atoms with van der Waals surface area (Å²) in [6.07, 6.45) is 0. The van der Waals surface area contributed by atoms with Crippen LogP contribution < -0.4 is 10.9 Å². The van der Waals surface area contributed by atoms with Crippen molar-refractivity contribution in [1.29, 1.82) is 0 Å². The lowest BCUT2D eigenvalue weighted by atomic mass is 9.86. The number of rotatable bonds is 0. The molecule has 0 radical (unpaired) electrons. The van der Waals surface area contributed by atoms with Gasteiger partial charge in [0.25, 0.3) is 0 Å². The van der Waals surface area contributed by atoms with E-state index < -0.39 is 0 Å². The molecule has 0 atom stereocenters. The summed E-state index contributed by atoms with van der Waals surface area (Å²) in [5.41, 5.74) is 0.154. The van der Waals surface area contributed by atoms with Crippen LogP contribution in [0.25, 0.3) is 75.4 Å². The lowest BCUT2D eigenvalue weighted by Crippen LogP contribution is -2.04. The fourth-order valence-corrected chi connectivity index (χ4v) is 6.09. The summed E-state index contributed by atoms with van der Waals surface area (Å²) in [6.45, 7) is 0. The van der Waals surface area contributed by atoms with Crippen molar-refractivity contribution < 1.29 is 0 Å². The molecule has 0 aromatic heterocycles. The third kappa shape index (κ3) is 2.02. The van der Waals surface area contributed by atoms with E-state index >= 15 is 0 Å². The fraction of sp³-hybridized carbons (Fsp3) is 0. The molecule has 0 fully saturated rings. The number of hydrogen-bond donors (Lipinski definition) is 0. The fourth-order valence-electron chi connectivity index (χ4n) is 6.09. The van der Waals surface area contributed by atoms with Gasteiger partial charge in [0.15, 0.2) is 10.9 Å². The van der Waals surface area contributed by atoms with Crippen molar-refractivity contribution in [3.63, 3.8) is 0 Å². The van der Waals surface area contributed by atoms with Crippen LogP contribution in [0, 0.1) is 0 Å². The maximum atomic E-state index is 13.4. The summed E-state index contributed by atoms with van der Waals surface area (Å²) in [5.74, 6) is 0. The van der Waals surface area contributed by atoms with Gasteiger partial charge in [-0.15, -0.1) is 0 Å². The van der Waals surface area contributed by atoms with Gasteiger partial charge in [-0.2, -0.15) is 0 Å². The van der Waals surface area contributed by atoms with Gasteiger partial charge < -0.3 is 0 Å². The van der Waals surface area contributed by atoms with Crippen LogP contribution in [0.3, 0.4) is 0 Å². The molecule has 156 valence electrons. The van der Waals surface area contributed by atoms with Gasteiger partial charge in [0.2, 0.25) is 0 Å². The van der Waals surface area contributed by atoms with E-state index in [9.17, 15) is 9.59 Å². The van der Waals surface area contributed by atoms with Crippen molar-refractivity contribution >= 4 is 75.4 Å². The van der Waals surface area contributed by atoms with Crippen molar-refractivity contribution in [2.24, 2.45) is 0 Å².